The number of hydrogen-bond acceptors (Lipinski definition) is 6. The van der Waals surface area contributed by atoms with Gasteiger partial charge in [-0.15, -0.1) is 0 Å². The molecule has 0 N–H and O–H groups in total. The van der Waals surface area contributed by atoms with E-state index in [1.807, 2.05) is 26.0 Å². The third kappa shape index (κ3) is 2.14. The number of ether oxygens (including phenoxy) is 4. The summed E-state index contributed by atoms with van der Waals surface area (Å²) >= 11 is 0. The number of carbonyl (C=O) groups excluding carboxylic acids is 2. The smallest absolute Gasteiger partial charge is 0.342 e. The highest BCUT2D eigenvalue weighted by atomic mass is 16.8. The average Bonchev–Trinajstić information content (AvgIpc) is 3.08. The summed E-state index contributed by atoms with van der Waals surface area (Å²) in [5.41, 5.74) is 0.426. The van der Waals surface area contributed by atoms with Gasteiger partial charge in [-0.3, -0.25) is 4.79 Å². The highest BCUT2D eigenvalue weighted by Gasteiger charge is 2.75. The van der Waals surface area contributed by atoms with Gasteiger partial charge in [0.15, 0.2) is 5.79 Å². The lowest BCUT2D eigenvalue weighted by atomic mass is 9.56. The van der Waals surface area contributed by atoms with Crippen molar-refractivity contribution in [2.24, 2.45) is 5.41 Å². The van der Waals surface area contributed by atoms with Crippen LogP contribution in [0.3, 0.4) is 0 Å². The molecule has 0 unspecified atom stereocenters. The van der Waals surface area contributed by atoms with Crippen LogP contribution >= 0.6 is 0 Å². The second-order valence-corrected chi connectivity index (χ2v) is 8.51. The summed E-state index contributed by atoms with van der Waals surface area (Å²) in [6, 6.07) is 3.91. The van der Waals surface area contributed by atoms with Crippen molar-refractivity contribution in [3.63, 3.8) is 0 Å². The standard InChI is InChI=1S/C21H26O6/c1-11-9-12-15(14(10-11)24-5)17-21(18(23)25-6,27-19(2,3)26-17)20(4)8-7-13(22)16(12)20/h9-10,16-17H,7-8H2,1-6H3/t16-,17+,20-,21-/m1/s1. The lowest BCUT2D eigenvalue weighted by Crippen LogP contribution is -2.61. The number of Topliss-reactive ketones (excluding diaryl/α,β-unsaturated/α-hetero) is 1. The fourth-order valence-corrected chi connectivity index (χ4v) is 5.47. The molecule has 6 heteroatoms. The van der Waals surface area contributed by atoms with Gasteiger partial charge in [-0.05, 0) is 44.4 Å². The van der Waals surface area contributed by atoms with Crippen LogP contribution in [0.4, 0.5) is 0 Å². The van der Waals surface area contributed by atoms with E-state index in [0.29, 0.717) is 18.6 Å². The van der Waals surface area contributed by atoms with E-state index in [0.717, 1.165) is 16.7 Å². The van der Waals surface area contributed by atoms with E-state index in [1.165, 1.54) is 7.11 Å². The first kappa shape index (κ1) is 18.4. The van der Waals surface area contributed by atoms with Crippen LogP contribution in [0.25, 0.3) is 0 Å². The first-order chi connectivity index (χ1) is 12.6. The van der Waals surface area contributed by atoms with Gasteiger partial charge in [0.25, 0.3) is 0 Å². The Bertz CT molecular complexity index is 843. The number of fused-ring (bicyclic) bond motifs is 6. The van der Waals surface area contributed by atoms with Crippen LogP contribution < -0.4 is 4.74 Å². The maximum Gasteiger partial charge on any atom is 0.342 e. The Hall–Kier alpha value is -1.92. The molecule has 0 bridgehead atoms. The molecule has 1 aliphatic heterocycles. The molecule has 0 spiro atoms. The Balaban J connectivity index is 2.11. The van der Waals surface area contributed by atoms with Gasteiger partial charge >= 0.3 is 5.97 Å². The molecular formula is C21H26O6. The predicted octanol–water partition coefficient (Wildman–Crippen LogP) is 3.21. The quantitative estimate of drug-likeness (QED) is 0.741. The topological polar surface area (TPSA) is 71.1 Å². The Morgan fingerprint density at radius 2 is 1.93 bits per heavy atom. The van der Waals surface area contributed by atoms with Crippen molar-refractivity contribution in [1.82, 2.24) is 0 Å². The maximum atomic E-state index is 13.2. The third-order valence-corrected chi connectivity index (χ3v) is 6.48. The van der Waals surface area contributed by atoms with Crippen LogP contribution in [0, 0.1) is 12.3 Å². The molecule has 0 radical (unpaired) electrons. The lowest BCUT2D eigenvalue weighted by molar-refractivity contribution is -0.211. The van der Waals surface area contributed by atoms with Crippen molar-refractivity contribution in [2.45, 2.75) is 63.9 Å². The highest BCUT2D eigenvalue weighted by molar-refractivity contribution is 5.95. The average molecular weight is 374 g/mol. The van der Waals surface area contributed by atoms with E-state index in [2.05, 4.69) is 0 Å². The molecule has 2 fully saturated rings. The van der Waals surface area contributed by atoms with Gasteiger partial charge in [-0.1, -0.05) is 13.0 Å². The summed E-state index contributed by atoms with van der Waals surface area (Å²) in [6.45, 7) is 7.49. The molecule has 6 nitrogen and oxygen atoms in total. The number of ketones is 1. The van der Waals surface area contributed by atoms with E-state index in [1.54, 1.807) is 21.0 Å². The number of carbonyl (C=O) groups is 2. The van der Waals surface area contributed by atoms with Gasteiger partial charge < -0.3 is 18.9 Å². The van der Waals surface area contributed by atoms with Crippen LogP contribution in [-0.2, 0) is 23.8 Å². The zero-order valence-corrected chi connectivity index (χ0v) is 16.7. The molecule has 0 aromatic heterocycles. The molecule has 0 amide bonds. The molecule has 2 aliphatic carbocycles. The van der Waals surface area contributed by atoms with Crippen LogP contribution in [-0.4, -0.2) is 37.4 Å². The number of methoxy groups -OCH3 is 2. The molecule has 3 aliphatic rings. The largest absolute Gasteiger partial charge is 0.496 e. The van der Waals surface area contributed by atoms with Crippen LogP contribution in [0.15, 0.2) is 12.1 Å². The normalized spacial score (nSPS) is 36.0. The van der Waals surface area contributed by atoms with Crippen molar-refractivity contribution < 1.29 is 28.5 Å². The van der Waals surface area contributed by atoms with E-state index in [9.17, 15) is 9.59 Å². The minimum Gasteiger partial charge on any atom is -0.496 e. The zero-order chi connectivity index (χ0) is 19.8. The summed E-state index contributed by atoms with van der Waals surface area (Å²) in [7, 11) is 2.93. The van der Waals surface area contributed by atoms with Gasteiger partial charge in [0, 0.05) is 17.4 Å². The Labute approximate surface area is 159 Å². The van der Waals surface area contributed by atoms with Crippen LogP contribution in [0.5, 0.6) is 5.75 Å². The second kappa shape index (κ2) is 5.55. The molecule has 4 atom stereocenters. The van der Waals surface area contributed by atoms with E-state index in [4.69, 9.17) is 18.9 Å². The Morgan fingerprint density at radius 3 is 2.56 bits per heavy atom. The van der Waals surface area contributed by atoms with E-state index < -0.39 is 34.8 Å². The highest BCUT2D eigenvalue weighted by Crippen LogP contribution is 2.69. The molecule has 146 valence electrons. The van der Waals surface area contributed by atoms with Crippen molar-refractivity contribution in [3.05, 3.63) is 28.8 Å². The summed E-state index contributed by atoms with van der Waals surface area (Å²) < 4.78 is 23.5. The number of benzene rings is 1. The predicted molar refractivity (Wildman–Crippen MR) is 96.6 cm³/mol. The fraction of sp³-hybridized carbons (Fsp3) is 0.619. The summed E-state index contributed by atoms with van der Waals surface area (Å²) in [4.78, 5) is 26.2. The number of hydrogen-bond donors (Lipinski definition) is 0. The van der Waals surface area contributed by atoms with Gasteiger partial charge in [-0.2, -0.15) is 0 Å². The molecule has 1 saturated heterocycles. The number of rotatable bonds is 2. The fourth-order valence-electron chi connectivity index (χ4n) is 5.47. The summed E-state index contributed by atoms with van der Waals surface area (Å²) in [5, 5.41) is 0. The SMILES string of the molecule is COC(=O)[C@]12OC(C)(C)O[C@H]1c1c(OC)cc(C)cc1[C@@H]1C(=O)CC[C@]12C. The van der Waals surface area contributed by atoms with Gasteiger partial charge in [0.05, 0.1) is 20.1 Å². The van der Waals surface area contributed by atoms with Crippen LogP contribution in [0.1, 0.15) is 62.3 Å². The molecule has 27 heavy (non-hydrogen) atoms. The third-order valence-electron chi connectivity index (χ3n) is 6.48. The Kier molecular flexibility index (Phi) is 3.79. The number of esters is 1. The molecule has 1 heterocycles. The lowest BCUT2D eigenvalue weighted by Gasteiger charge is -2.50. The van der Waals surface area contributed by atoms with Gasteiger partial charge in [-0.25, -0.2) is 4.79 Å². The molecule has 1 aromatic rings. The molecule has 1 saturated carbocycles. The minimum atomic E-state index is -1.41. The van der Waals surface area contributed by atoms with Crippen molar-refractivity contribution in [2.75, 3.05) is 14.2 Å². The molecule has 4 rings (SSSR count). The van der Waals surface area contributed by atoms with E-state index in [-0.39, 0.29) is 5.78 Å². The number of aryl methyl sites for hydroxylation is 1. The zero-order valence-electron chi connectivity index (χ0n) is 16.7. The van der Waals surface area contributed by atoms with Gasteiger partial charge in [0.1, 0.15) is 17.6 Å². The molecule has 1 aromatic carbocycles. The van der Waals surface area contributed by atoms with Crippen molar-refractivity contribution in [1.29, 1.82) is 0 Å². The minimum absolute atomic E-state index is 0.112. The monoisotopic (exact) mass is 374 g/mol. The second-order valence-electron chi connectivity index (χ2n) is 8.51. The Morgan fingerprint density at radius 1 is 1.22 bits per heavy atom. The van der Waals surface area contributed by atoms with E-state index >= 15 is 0 Å². The first-order valence-electron chi connectivity index (χ1n) is 9.29. The van der Waals surface area contributed by atoms with Crippen molar-refractivity contribution in [3.8, 4) is 5.75 Å². The maximum absolute atomic E-state index is 13.2. The summed E-state index contributed by atoms with van der Waals surface area (Å²) in [5.74, 6) is -1.26. The summed E-state index contributed by atoms with van der Waals surface area (Å²) in [6.07, 6.45) is 0.223. The molecular weight excluding hydrogens is 348 g/mol. The van der Waals surface area contributed by atoms with Gasteiger partial charge in [0.2, 0.25) is 5.60 Å². The van der Waals surface area contributed by atoms with Crippen LogP contribution in [0.2, 0.25) is 0 Å². The first-order valence-corrected chi connectivity index (χ1v) is 9.29. The van der Waals surface area contributed by atoms with Crippen molar-refractivity contribution >= 4 is 11.8 Å².